The SMILES string of the molecule is CCOc1cccc(C=C(C#N)C(=O)C(C)C)c1OC. The Kier molecular flexibility index (Phi) is 5.79. The number of hydrogen-bond acceptors (Lipinski definition) is 4. The summed E-state index contributed by atoms with van der Waals surface area (Å²) in [6, 6.07) is 7.32. The Balaban J connectivity index is 3.29. The minimum atomic E-state index is -0.220. The van der Waals surface area contributed by atoms with Crippen LogP contribution in [0, 0.1) is 17.2 Å². The number of para-hydroxylation sites is 1. The van der Waals surface area contributed by atoms with Gasteiger partial charge in [0.25, 0.3) is 0 Å². The summed E-state index contributed by atoms with van der Waals surface area (Å²) in [6.07, 6.45) is 1.55. The first-order chi connectivity index (χ1) is 9.54. The molecule has 106 valence electrons. The van der Waals surface area contributed by atoms with E-state index in [0.717, 1.165) is 0 Å². The highest BCUT2D eigenvalue weighted by Crippen LogP contribution is 2.32. The Labute approximate surface area is 119 Å². The summed E-state index contributed by atoms with van der Waals surface area (Å²) >= 11 is 0. The van der Waals surface area contributed by atoms with Gasteiger partial charge in [-0.05, 0) is 19.1 Å². The molecule has 0 N–H and O–H groups in total. The van der Waals surface area contributed by atoms with Crippen molar-refractivity contribution in [1.82, 2.24) is 0 Å². The van der Waals surface area contributed by atoms with Gasteiger partial charge in [0, 0.05) is 11.5 Å². The number of ether oxygens (including phenoxy) is 2. The van der Waals surface area contributed by atoms with Crippen LogP contribution in [-0.4, -0.2) is 19.5 Å². The van der Waals surface area contributed by atoms with Crippen LogP contribution in [0.2, 0.25) is 0 Å². The Morgan fingerprint density at radius 3 is 2.65 bits per heavy atom. The van der Waals surface area contributed by atoms with Crippen molar-refractivity contribution < 1.29 is 14.3 Å². The number of carbonyl (C=O) groups is 1. The predicted molar refractivity (Wildman–Crippen MR) is 77.6 cm³/mol. The van der Waals surface area contributed by atoms with E-state index in [0.29, 0.717) is 23.7 Å². The average Bonchev–Trinajstić information content (AvgIpc) is 2.44. The summed E-state index contributed by atoms with van der Waals surface area (Å²) < 4.78 is 10.8. The molecule has 0 fully saturated rings. The van der Waals surface area contributed by atoms with Gasteiger partial charge in [0.15, 0.2) is 17.3 Å². The summed E-state index contributed by atoms with van der Waals surface area (Å²) in [5, 5.41) is 9.13. The van der Waals surface area contributed by atoms with Crippen LogP contribution in [0.25, 0.3) is 6.08 Å². The maximum Gasteiger partial charge on any atom is 0.175 e. The fourth-order valence-electron chi connectivity index (χ4n) is 1.76. The second kappa shape index (κ2) is 7.34. The maximum absolute atomic E-state index is 11.9. The monoisotopic (exact) mass is 273 g/mol. The second-order valence-corrected chi connectivity index (χ2v) is 4.50. The molecule has 0 amide bonds. The zero-order valence-electron chi connectivity index (χ0n) is 12.3. The first-order valence-corrected chi connectivity index (χ1v) is 6.50. The average molecular weight is 273 g/mol. The minimum absolute atomic E-state index is 0.118. The van der Waals surface area contributed by atoms with E-state index < -0.39 is 0 Å². The maximum atomic E-state index is 11.9. The number of nitriles is 1. The van der Waals surface area contributed by atoms with Crippen molar-refractivity contribution in [2.45, 2.75) is 20.8 Å². The van der Waals surface area contributed by atoms with E-state index in [1.54, 1.807) is 38.1 Å². The molecular weight excluding hydrogens is 254 g/mol. The van der Waals surface area contributed by atoms with Crippen LogP contribution in [0.4, 0.5) is 0 Å². The molecule has 4 nitrogen and oxygen atoms in total. The molecule has 0 aliphatic carbocycles. The largest absolute Gasteiger partial charge is 0.492 e. The molecule has 0 spiro atoms. The summed E-state index contributed by atoms with van der Waals surface area (Å²) in [5.41, 5.74) is 0.774. The standard InChI is InChI=1S/C16H19NO3/c1-5-20-14-8-6-7-12(16(14)19-4)9-13(10-17)15(18)11(2)3/h6-9,11H,5H2,1-4H3. The quantitative estimate of drug-likeness (QED) is 0.589. The predicted octanol–water partition coefficient (Wildman–Crippen LogP) is 3.23. The lowest BCUT2D eigenvalue weighted by atomic mass is 9.99. The highest BCUT2D eigenvalue weighted by atomic mass is 16.5. The first kappa shape index (κ1) is 15.8. The molecule has 0 saturated heterocycles. The third-order valence-corrected chi connectivity index (χ3v) is 2.72. The molecule has 0 aliphatic rings. The molecule has 0 heterocycles. The van der Waals surface area contributed by atoms with Crippen molar-refractivity contribution in [3.8, 4) is 17.6 Å². The Morgan fingerprint density at radius 2 is 2.15 bits per heavy atom. The van der Waals surface area contributed by atoms with Gasteiger partial charge in [-0.15, -0.1) is 0 Å². The molecule has 0 radical (unpaired) electrons. The number of rotatable bonds is 6. The summed E-state index contributed by atoms with van der Waals surface area (Å²) in [6.45, 7) is 5.92. The molecule has 0 aliphatic heterocycles. The fraction of sp³-hybridized carbons (Fsp3) is 0.375. The number of methoxy groups -OCH3 is 1. The van der Waals surface area contributed by atoms with E-state index in [1.165, 1.54) is 7.11 Å². The van der Waals surface area contributed by atoms with Crippen molar-refractivity contribution >= 4 is 11.9 Å². The van der Waals surface area contributed by atoms with Crippen LogP contribution < -0.4 is 9.47 Å². The van der Waals surface area contributed by atoms with Gasteiger partial charge in [0.1, 0.15) is 6.07 Å². The number of nitrogens with zero attached hydrogens (tertiary/aromatic N) is 1. The zero-order chi connectivity index (χ0) is 15.1. The third kappa shape index (κ3) is 3.61. The van der Waals surface area contributed by atoms with Crippen molar-refractivity contribution in [2.24, 2.45) is 5.92 Å². The van der Waals surface area contributed by atoms with Crippen LogP contribution in [0.5, 0.6) is 11.5 Å². The lowest BCUT2D eigenvalue weighted by Crippen LogP contribution is -2.09. The lowest BCUT2D eigenvalue weighted by molar-refractivity contribution is -0.117. The minimum Gasteiger partial charge on any atom is -0.492 e. The third-order valence-electron chi connectivity index (χ3n) is 2.72. The van der Waals surface area contributed by atoms with Crippen LogP contribution in [0.3, 0.4) is 0 Å². The van der Waals surface area contributed by atoms with Crippen molar-refractivity contribution in [2.75, 3.05) is 13.7 Å². The second-order valence-electron chi connectivity index (χ2n) is 4.50. The number of allylic oxidation sites excluding steroid dienone is 1. The van der Waals surface area contributed by atoms with Crippen molar-refractivity contribution in [3.05, 3.63) is 29.3 Å². The van der Waals surface area contributed by atoms with Crippen LogP contribution in [0.1, 0.15) is 26.3 Å². The topological polar surface area (TPSA) is 59.3 Å². The highest BCUT2D eigenvalue weighted by molar-refractivity contribution is 6.04. The van der Waals surface area contributed by atoms with Crippen molar-refractivity contribution in [1.29, 1.82) is 5.26 Å². The number of carbonyl (C=O) groups excluding carboxylic acids is 1. The molecular formula is C16H19NO3. The summed E-state index contributed by atoms with van der Waals surface area (Å²) in [5.74, 6) is 0.718. The van der Waals surface area contributed by atoms with Crippen LogP contribution >= 0.6 is 0 Å². The molecule has 1 aromatic carbocycles. The molecule has 1 aromatic rings. The summed E-state index contributed by atoms with van der Waals surface area (Å²) in [4.78, 5) is 11.9. The van der Waals surface area contributed by atoms with Gasteiger partial charge >= 0.3 is 0 Å². The van der Waals surface area contributed by atoms with Gasteiger partial charge in [-0.25, -0.2) is 0 Å². The van der Waals surface area contributed by atoms with E-state index >= 15 is 0 Å². The van der Waals surface area contributed by atoms with Crippen molar-refractivity contribution in [3.63, 3.8) is 0 Å². The molecule has 1 rings (SSSR count). The van der Waals surface area contributed by atoms with E-state index in [9.17, 15) is 4.79 Å². The summed E-state index contributed by atoms with van der Waals surface area (Å²) in [7, 11) is 1.53. The molecule has 0 atom stereocenters. The van der Waals surface area contributed by atoms with Gasteiger partial charge < -0.3 is 9.47 Å². The molecule has 4 heteroatoms. The smallest absolute Gasteiger partial charge is 0.175 e. The van der Waals surface area contributed by atoms with E-state index in [-0.39, 0.29) is 17.3 Å². The van der Waals surface area contributed by atoms with Gasteiger partial charge in [-0.2, -0.15) is 5.26 Å². The van der Waals surface area contributed by atoms with Gasteiger partial charge in [0.2, 0.25) is 0 Å². The molecule has 0 unspecified atom stereocenters. The highest BCUT2D eigenvalue weighted by Gasteiger charge is 2.15. The first-order valence-electron chi connectivity index (χ1n) is 6.50. The lowest BCUT2D eigenvalue weighted by Gasteiger charge is -2.12. The number of ketones is 1. The fourth-order valence-corrected chi connectivity index (χ4v) is 1.76. The molecule has 0 saturated carbocycles. The molecule has 0 bridgehead atoms. The Bertz CT molecular complexity index is 553. The van der Waals surface area contributed by atoms with Gasteiger partial charge in [0.05, 0.1) is 19.3 Å². The Morgan fingerprint density at radius 1 is 1.45 bits per heavy atom. The van der Waals surface area contributed by atoms with Gasteiger partial charge in [-0.1, -0.05) is 26.0 Å². The Hall–Kier alpha value is -2.28. The molecule has 0 aromatic heterocycles. The zero-order valence-corrected chi connectivity index (χ0v) is 12.3. The van der Waals surface area contributed by atoms with Crippen LogP contribution in [-0.2, 0) is 4.79 Å². The van der Waals surface area contributed by atoms with Crippen LogP contribution in [0.15, 0.2) is 23.8 Å². The van der Waals surface area contributed by atoms with Gasteiger partial charge in [-0.3, -0.25) is 4.79 Å². The normalized spacial score (nSPS) is 11.1. The van der Waals surface area contributed by atoms with E-state index in [2.05, 4.69) is 0 Å². The number of Topliss-reactive ketones (excluding diaryl/α,β-unsaturated/α-hetero) is 1. The molecule has 20 heavy (non-hydrogen) atoms. The van der Waals surface area contributed by atoms with E-state index in [4.69, 9.17) is 14.7 Å². The number of benzene rings is 1. The number of hydrogen-bond donors (Lipinski definition) is 0. The van der Waals surface area contributed by atoms with E-state index in [1.807, 2.05) is 13.0 Å².